The van der Waals surface area contributed by atoms with Gasteiger partial charge in [0.05, 0.1) is 0 Å². The molecule has 4 nitrogen and oxygen atoms in total. The number of aromatic nitrogens is 1. The Morgan fingerprint density at radius 3 is 2.70 bits per heavy atom. The zero-order valence-electron chi connectivity index (χ0n) is 12.8. The molecule has 0 saturated heterocycles. The second-order valence-electron chi connectivity index (χ2n) is 5.56. The number of anilines is 1. The van der Waals surface area contributed by atoms with Crippen LogP contribution in [-0.2, 0) is 6.42 Å². The Balaban J connectivity index is 2.20. The maximum absolute atomic E-state index is 12.5. The maximum Gasteiger partial charge on any atom is 0.254 e. The van der Waals surface area contributed by atoms with E-state index >= 15 is 0 Å². The van der Waals surface area contributed by atoms with Crippen LogP contribution >= 0.6 is 0 Å². The molecule has 1 aromatic heterocycles. The molecule has 0 bridgehead atoms. The standard InChI is InChI=1S/C16H25N3O/c1-4-6-13-10-12(11-15(18-13)17-9-5-2)16(20)19(3)14-7-8-14/h10-11,14H,4-9H2,1-3H3,(H,17,18). The first-order valence-electron chi connectivity index (χ1n) is 7.67. The average Bonchev–Trinajstić information content (AvgIpc) is 3.28. The van der Waals surface area contributed by atoms with Gasteiger partial charge in [0, 0.05) is 30.9 Å². The molecular formula is C16H25N3O. The Bertz CT molecular complexity index is 469. The number of carbonyl (C=O) groups excluding carboxylic acids is 1. The Morgan fingerprint density at radius 2 is 2.10 bits per heavy atom. The van der Waals surface area contributed by atoms with Crippen molar-refractivity contribution in [2.45, 2.75) is 52.0 Å². The van der Waals surface area contributed by atoms with E-state index in [-0.39, 0.29) is 5.91 Å². The highest BCUT2D eigenvalue weighted by Crippen LogP contribution is 2.27. The fourth-order valence-corrected chi connectivity index (χ4v) is 2.27. The van der Waals surface area contributed by atoms with Crippen molar-refractivity contribution in [1.82, 2.24) is 9.88 Å². The molecule has 1 fully saturated rings. The normalized spacial score (nSPS) is 14.2. The minimum Gasteiger partial charge on any atom is -0.370 e. The number of nitrogens with one attached hydrogen (secondary N) is 1. The van der Waals surface area contributed by atoms with Crippen molar-refractivity contribution in [2.75, 3.05) is 18.9 Å². The van der Waals surface area contributed by atoms with Gasteiger partial charge in [-0.05, 0) is 37.8 Å². The molecule has 1 N–H and O–H groups in total. The van der Waals surface area contributed by atoms with Crippen molar-refractivity contribution in [2.24, 2.45) is 0 Å². The zero-order chi connectivity index (χ0) is 14.5. The number of carbonyl (C=O) groups is 1. The molecule has 110 valence electrons. The minimum absolute atomic E-state index is 0.117. The van der Waals surface area contributed by atoms with Gasteiger partial charge in [-0.25, -0.2) is 4.98 Å². The zero-order valence-corrected chi connectivity index (χ0v) is 12.8. The van der Waals surface area contributed by atoms with Crippen molar-refractivity contribution in [3.05, 3.63) is 23.4 Å². The largest absolute Gasteiger partial charge is 0.370 e. The van der Waals surface area contributed by atoms with Crippen LogP contribution in [0, 0.1) is 0 Å². The molecule has 1 heterocycles. The van der Waals surface area contributed by atoms with E-state index < -0.39 is 0 Å². The molecule has 0 spiro atoms. The highest BCUT2D eigenvalue weighted by atomic mass is 16.2. The van der Waals surface area contributed by atoms with Crippen molar-refractivity contribution >= 4 is 11.7 Å². The number of pyridine rings is 1. The van der Waals surface area contributed by atoms with Crippen LogP contribution in [0.2, 0.25) is 0 Å². The van der Waals surface area contributed by atoms with Crippen LogP contribution in [-0.4, -0.2) is 35.4 Å². The third kappa shape index (κ3) is 3.71. The van der Waals surface area contributed by atoms with E-state index in [1.54, 1.807) is 0 Å². The van der Waals surface area contributed by atoms with Gasteiger partial charge < -0.3 is 10.2 Å². The van der Waals surface area contributed by atoms with E-state index in [1.807, 2.05) is 24.1 Å². The maximum atomic E-state index is 12.5. The summed E-state index contributed by atoms with van der Waals surface area (Å²) in [6, 6.07) is 4.27. The van der Waals surface area contributed by atoms with E-state index in [0.717, 1.165) is 55.7 Å². The van der Waals surface area contributed by atoms with Crippen molar-refractivity contribution in [1.29, 1.82) is 0 Å². The van der Waals surface area contributed by atoms with E-state index in [4.69, 9.17) is 0 Å². The van der Waals surface area contributed by atoms with Crippen LogP contribution in [0.1, 0.15) is 55.6 Å². The van der Waals surface area contributed by atoms with Crippen LogP contribution in [0.4, 0.5) is 5.82 Å². The van der Waals surface area contributed by atoms with Gasteiger partial charge in [0.1, 0.15) is 5.82 Å². The third-order valence-electron chi connectivity index (χ3n) is 3.60. The first-order valence-corrected chi connectivity index (χ1v) is 7.67. The number of hydrogen-bond acceptors (Lipinski definition) is 3. The molecule has 1 aliphatic carbocycles. The van der Waals surface area contributed by atoms with Gasteiger partial charge in [-0.15, -0.1) is 0 Å². The average molecular weight is 275 g/mol. The van der Waals surface area contributed by atoms with Gasteiger partial charge in [0.15, 0.2) is 0 Å². The Morgan fingerprint density at radius 1 is 1.35 bits per heavy atom. The van der Waals surface area contributed by atoms with Crippen molar-refractivity contribution < 1.29 is 4.79 Å². The van der Waals surface area contributed by atoms with Gasteiger partial charge >= 0.3 is 0 Å². The van der Waals surface area contributed by atoms with Crippen molar-refractivity contribution in [3.63, 3.8) is 0 Å². The summed E-state index contributed by atoms with van der Waals surface area (Å²) in [5, 5.41) is 3.29. The highest BCUT2D eigenvalue weighted by molar-refractivity contribution is 5.95. The number of hydrogen-bond donors (Lipinski definition) is 1. The number of rotatable bonds is 7. The van der Waals surface area contributed by atoms with Gasteiger partial charge in [0.25, 0.3) is 5.91 Å². The molecule has 0 unspecified atom stereocenters. The van der Waals surface area contributed by atoms with E-state index in [1.165, 1.54) is 0 Å². The number of nitrogens with zero attached hydrogens (tertiary/aromatic N) is 2. The van der Waals surface area contributed by atoms with Crippen LogP contribution in [0.5, 0.6) is 0 Å². The van der Waals surface area contributed by atoms with Gasteiger partial charge in [-0.2, -0.15) is 0 Å². The molecule has 1 saturated carbocycles. The Labute approximate surface area is 121 Å². The summed E-state index contributed by atoms with van der Waals surface area (Å²) >= 11 is 0. The van der Waals surface area contributed by atoms with Crippen molar-refractivity contribution in [3.8, 4) is 0 Å². The molecular weight excluding hydrogens is 250 g/mol. The lowest BCUT2D eigenvalue weighted by atomic mass is 10.1. The van der Waals surface area contributed by atoms with Gasteiger partial charge in [-0.1, -0.05) is 20.3 Å². The summed E-state index contributed by atoms with van der Waals surface area (Å²) in [6.45, 7) is 5.14. The second-order valence-corrected chi connectivity index (χ2v) is 5.56. The number of amides is 1. The molecule has 0 atom stereocenters. The summed E-state index contributed by atoms with van der Waals surface area (Å²) in [5.41, 5.74) is 1.76. The van der Waals surface area contributed by atoms with Gasteiger partial charge in [0.2, 0.25) is 0 Å². The smallest absolute Gasteiger partial charge is 0.254 e. The monoisotopic (exact) mass is 275 g/mol. The topological polar surface area (TPSA) is 45.2 Å². The first kappa shape index (κ1) is 14.8. The lowest BCUT2D eigenvalue weighted by Crippen LogP contribution is -2.29. The summed E-state index contributed by atoms with van der Waals surface area (Å²) in [7, 11) is 1.90. The summed E-state index contributed by atoms with van der Waals surface area (Å²) < 4.78 is 0. The Hall–Kier alpha value is -1.58. The molecule has 0 aliphatic heterocycles. The lowest BCUT2D eigenvalue weighted by Gasteiger charge is -2.17. The second kappa shape index (κ2) is 6.73. The Kier molecular flexibility index (Phi) is 4.99. The SMILES string of the molecule is CCCNc1cc(C(=O)N(C)C2CC2)cc(CCC)n1. The molecule has 2 rings (SSSR count). The predicted octanol–water partition coefficient (Wildman–Crippen LogP) is 3.09. The van der Waals surface area contributed by atoms with Crippen LogP contribution in [0.15, 0.2) is 12.1 Å². The third-order valence-corrected chi connectivity index (χ3v) is 3.60. The van der Waals surface area contributed by atoms with Crippen LogP contribution in [0.25, 0.3) is 0 Å². The van der Waals surface area contributed by atoms with Crippen LogP contribution in [0.3, 0.4) is 0 Å². The highest BCUT2D eigenvalue weighted by Gasteiger charge is 2.30. The first-order chi connectivity index (χ1) is 9.65. The predicted molar refractivity (Wildman–Crippen MR) is 82.1 cm³/mol. The lowest BCUT2D eigenvalue weighted by molar-refractivity contribution is 0.0785. The summed E-state index contributed by atoms with van der Waals surface area (Å²) in [5.74, 6) is 0.942. The quantitative estimate of drug-likeness (QED) is 0.831. The van der Waals surface area contributed by atoms with Crippen LogP contribution < -0.4 is 5.32 Å². The van der Waals surface area contributed by atoms with Gasteiger partial charge in [-0.3, -0.25) is 4.79 Å². The molecule has 1 amide bonds. The van der Waals surface area contributed by atoms with E-state index in [9.17, 15) is 4.79 Å². The molecule has 1 aliphatic rings. The van der Waals surface area contributed by atoms with E-state index in [2.05, 4.69) is 24.1 Å². The van der Waals surface area contributed by atoms with E-state index in [0.29, 0.717) is 6.04 Å². The molecule has 4 heteroatoms. The molecule has 0 aromatic carbocycles. The molecule has 0 radical (unpaired) electrons. The summed E-state index contributed by atoms with van der Waals surface area (Å²) in [6.07, 6.45) is 5.27. The molecule has 1 aromatic rings. The number of aryl methyl sites for hydroxylation is 1. The molecule has 20 heavy (non-hydrogen) atoms. The summed E-state index contributed by atoms with van der Waals surface area (Å²) in [4.78, 5) is 18.9. The fourth-order valence-electron chi connectivity index (χ4n) is 2.27. The fraction of sp³-hybridized carbons (Fsp3) is 0.625. The minimum atomic E-state index is 0.117.